The highest BCUT2D eigenvalue weighted by molar-refractivity contribution is 8.13. The molecule has 0 spiro atoms. The minimum absolute atomic E-state index is 0.0249. The van der Waals surface area contributed by atoms with Crippen molar-refractivity contribution in [3.8, 4) is 0 Å². The number of rotatable bonds is 22. The van der Waals surface area contributed by atoms with Crippen LogP contribution in [0, 0.1) is 11.3 Å². The molecule has 1 fully saturated rings. The number of thioether (sulfide) groups is 1. The number of aromatic nitrogens is 4. The molecule has 7 N–H and O–H groups in total. The first-order valence-electron chi connectivity index (χ1n) is 16.1. The third-order valence-corrected chi connectivity index (χ3v) is 11.9. The van der Waals surface area contributed by atoms with Crippen LogP contribution in [0.25, 0.3) is 11.2 Å². The van der Waals surface area contributed by atoms with E-state index in [1.54, 1.807) is 0 Å². The number of fused-ring (bicyclic) bond motifs is 1. The summed E-state index contributed by atoms with van der Waals surface area (Å²) in [6, 6.07) is 0. The Morgan fingerprint density at radius 2 is 1.70 bits per heavy atom. The number of anilines is 1. The van der Waals surface area contributed by atoms with Crippen molar-refractivity contribution >= 4 is 75.1 Å². The maximum Gasteiger partial charge on any atom is 0.274 e. The molecule has 27 nitrogen and oxygen atoms in total. The van der Waals surface area contributed by atoms with Gasteiger partial charge < -0.3 is 84.0 Å². The van der Waals surface area contributed by atoms with Gasteiger partial charge in [0.25, 0.3) is 15.6 Å². The van der Waals surface area contributed by atoms with E-state index in [-0.39, 0.29) is 42.2 Å². The predicted molar refractivity (Wildman–Crippen MR) is 178 cm³/mol. The lowest BCUT2D eigenvalue weighted by Crippen LogP contribution is -2.46. The van der Waals surface area contributed by atoms with Crippen LogP contribution in [-0.2, 0) is 55.5 Å². The Morgan fingerprint density at radius 3 is 2.33 bits per heavy atom. The predicted octanol–water partition coefficient (Wildman–Crippen LogP) is -6.12. The molecule has 0 aromatic carbocycles. The fraction of sp³-hybridized carbons (Fsp3) is 0.654. The molecule has 322 valence electrons. The number of aliphatic carboxylic acids is 1. The lowest BCUT2D eigenvalue weighted by molar-refractivity contribution is -0.347. The highest BCUT2D eigenvalue weighted by atomic mass is 32.2. The molecular formula is C26H37N7O20P3S-5. The minimum atomic E-state index is -5.95. The second-order valence-electron chi connectivity index (χ2n) is 12.7. The maximum absolute atomic E-state index is 12.5. The van der Waals surface area contributed by atoms with Crippen LogP contribution in [0.4, 0.5) is 5.82 Å². The fourth-order valence-corrected chi connectivity index (χ4v) is 8.26. The molecule has 9 atom stereocenters. The molecule has 31 heteroatoms. The molecule has 57 heavy (non-hydrogen) atoms. The van der Waals surface area contributed by atoms with Crippen LogP contribution in [-0.4, -0.2) is 120 Å². The van der Waals surface area contributed by atoms with Gasteiger partial charge in [0.1, 0.15) is 42.4 Å². The van der Waals surface area contributed by atoms with E-state index < -0.39 is 108 Å². The van der Waals surface area contributed by atoms with Gasteiger partial charge in [0, 0.05) is 30.7 Å². The first-order chi connectivity index (χ1) is 26.2. The number of aliphatic hydroxyl groups is 3. The average Bonchev–Trinajstić information content (AvgIpc) is 3.67. The van der Waals surface area contributed by atoms with Gasteiger partial charge in [-0.25, -0.2) is 19.3 Å². The summed E-state index contributed by atoms with van der Waals surface area (Å²) in [5, 5.41) is 45.3. The van der Waals surface area contributed by atoms with Gasteiger partial charge in [-0.3, -0.25) is 28.1 Å². The maximum atomic E-state index is 12.5. The summed E-state index contributed by atoms with van der Waals surface area (Å²) in [6.45, 7) is 0.779. The second-order valence-corrected chi connectivity index (χ2v) is 17.9. The molecule has 2 amide bonds. The molecule has 2 aromatic heterocycles. The number of nitrogens with one attached hydrogen (secondary N) is 2. The number of nitrogens with zero attached hydrogens (tertiary/aromatic N) is 4. The number of amides is 2. The Bertz CT molecular complexity index is 1920. The zero-order chi connectivity index (χ0) is 43.1. The first kappa shape index (κ1) is 48.4. The normalized spacial score (nSPS) is 22.6. The fourth-order valence-electron chi connectivity index (χ4n) is 4.72. The van der Waals surface area contributed by atoms with Gasteiger partial charge in [-0.05, 0) is 0 Å². The van der Waals surface area contributed by atoms with Gasteiger partial charge in [0.2, 0.25) is 11.8 Å². The third kappa shape index (κ3) is 14.1. The number of nitrogen functional groups attached to an aromatic ring is 1. The quantitative estimate of drug-likeness (QED) is 0.0473. The van der Waals surface area contributed by atoms with Crippen LogP contribution in [0.5, 0.6) is 0 Å². The molecule has 2 aromatic rings. The number of ether oxygens (including phenoxy) is 1. The zero-order valence-electron chi connectivity index (χ0n) is 29.8. The van der Waals surface area contributed by atoms with Gasteiger partial charge >= 0.3 is 0 Å². The van der Waals surface area contributed by atoms with E-state index in [2.05, 4.69) is 43.5 Å². The molecule has 0 bridgehead atoms. The number of carboxylic acids is 1. The summed E-state index contributed by atoms with van der Waals surface area (Å²) in [7, 11) is -17.7. The second kappa shape index (κ2) is 19.8. The topological polar surface area (TPSA) is 435 Å². The molecule has 3 rings (SSSR count). The highest BCUT2D eigenvalue weighted by Gasteiger charge is 2.47. The number of phosphoric acid groups is 3. The first-order valence-corrected chi connectivity index (χ1v) is 21.5. The van der Waals surface area contributed by atoms with Crippen molar-refractivity contribution in [2.24, 2.45) is 11.3 Å². The summed E-state index contributed by atoms with van der Waals surface area (Å²) < 4.78 is 60.3. The largest absolute Gasteiger partial charge is 0.790 e. The molecule has 0 aliphatic carbocycles. The lowest BCUT2D eigenvalue weighted by Gasteiger charge is -2.36. The molecule has 0 saturated carbocycles. The number of aliphatic hydroxyl groups excluding tert-OH is 3. The van der Waals surface area contributed by atoms with E-state index in [4.69, 9.17) is 10.5 Å². The van der Waals surface area contributed by atoms with Crippen LogP contribution < -0.4 is 41.0 Å². The van der Waals surface area contributed by atoms with Crippen molar-refractivity contribution < 1.29 is 95.5 Å². The molecule has 3 heterocycles. The van der Waals surface area contributed by atoms with Crippen LogP contribution in [0.2, 0.25) is 0 Å². The Labute approximate surface area is 326 Å². The van der Waals surface area contributed by atoms with E-state index in [0.717, 1.165) is 31.1 Å². The van der Waals surface area contributed by atoms with E-state index in [1.165, 1.54) is 6.92 Å². The molecule has 1 saturated heterocycles. The monoisotopic (exact) mass is 892 g/mol. The van der Waals surface area contributed by atoms with Gasteiger partial charge in [-0.15, -0.1) is 0 Å². The van der Waals surface area contributed by atoms with Crippen molar-refractivity contribution in [1.82, 2.24) is 30.2 Å². The third-order valence-electron chi connectivity index (χ3n) is 7.81. The van der Waals surface area contributed by atoms with Crippen LogP contribution in [0.1, 0.15) is 33.4 Å². The highest BCUT2D eigenvalue weighted by Crippen LogP contribution is 2.56. The summed E-state index contributed by atoms with van der Waals surface area (Å²) in [5.74, 6) is -4.82. The lowest BCUT2D eigenvalue weighted by atomic mass is 9.87. The van der Waals surface area contributed by atoms with Crippen molar-refractivity contribution in [3.05, 3.63) is 12.7 Å². The summed E-state index contributed by atoms with van der Waals surface area (Å²) in [6.07, 6.45) is -9.89. The van der Waals surface area contributed by atoms with E-state index >= 15 is 0 Å². The van der Waals surface area contributed by atoms with Crippen LogP contribution in [0.15, 0.2) is 12.7 Å². The number of nitrogens with two attached hydrogens (primary N) is 1. The number of phosphoric ester groups is 3. The standard InChI is InChI=1S/C26H42N7O20P3S/c1-12(16(35)24(39)40)25(41)57-7-6-28-14(34)4-5-29-22(38)19(37)26(2,3)9-50-56(47,48)53-55(45,46)49-8-13-18(52-54(42,43)44)17(36)23(51-13)33-11-32-15-20(27)30-10-31-21(15)33/h10-13,16-19,23,35-37H,4-9H2,1-3H3,(H,28,34)(H,29,38)(H,39,40)(H,45,46)(H,47,48)(H2,27,30,31)(H2,42,43,44)/p-5/t12-,13-,16+,17-,18-,19+,23-/m1/s1. The summed E-state index contributed by atoms with van der Waals surface area (Å²) in [4.78, 5) is 106. The van der Waals surface area contributed by atoms with Crippen molar-refractivity contribution in [1.29, 1.82) is 0 Å². The van der Waals surface area contributed by atoms with Crippen LogP contribution in [0.3, 0.4) is 0 Å². The van der Waals surface area contributed by atoms with Gasteiger partial charge in [-0.1, -0.05) is 32.5 Å². The number of hydrogen-bond donors (Lipinski definition) is 6. The minimum Gasteiger partial charge on any atom is -0.790 e. The summed E-state index contributed by atoms with van der Waals surface area (Å²) in [5.41, 5.74) is 3.96. The molecule has 2 unspecified atom stereocenters. The van der Waals surface area contributed by atoms with Crippen LogP contribution >= 0.6 is 35.2 Å². The Hall–Kier alpha value is -3.01. The number of carbonyl (C=O) groups excluding carboxylic acids is 4. The smallest absolute Gasteiger partial charge is 0.274 e. The summed E-state index contributed by atoms with van der Waals surface area (Å²) >= 11 is 0.661. The molecule has 1 aliphatic heterocycles. The van der Waals surface area contributed by atoms with E-state index in [0.29, 0.717) is 11.8 Å². The SMILES string of the molecule is C[C@@H](C(=O)SCCNC(=O)CCNC(=O)[C@H](O)C(C)(C)COP(=O)([O-])OP(=O)([O-])OC[C@H]1O[C@@H](n2cnc3c(N)ncnc32)[C@H](O)[C@@H]1OP(=O)([O-])[O-])[C@H](O)C(=O)[O-]. The Kier molecular flexibility index (Phi) is 16.8. The number of carbonyl (C=O) groups is 4. The number of imidazole rings is 1. The van der Waals surface area contributed by atoms with Crippen molar-refractivity contribution in [3.63, 3.8) is 0 Å². The molecule has 0 radical (unpaired) electrons. The van der Waals surface area contributed by atoms with Gasteiger partial charge in [0.15, 0.2) is 22.8 Å². The van der Waals surface area contributed by atoms with E-state index in [1.807, 2.05) is 0 Å². The number of carboxylic acid groups (broad SMARTS) is 1. The van der Waals surface area contributed by atoms with Gasteiger partial charge in [0.05, 0.1) is 39.3 Å². The van der Waals surface area contributed by atoms with E-state index in [9.17, 15) is 72.9 Å². The van der Waals surface area contributed by atoms with Gasteiger partial charge in [-0.2, -0.15) is 0 Å². The zero-order valence-corrected chi connectivity index (χ0v) is 33.3. The van der Waals surface area contributed by atoms with Crippen molar-refractivity contribution in [2.75, 3.05) is 37.8 Å². The van der Waals surface area contributed by atoms with Crippen molar-refractivity contribution in [2.45, 2.75) is 63.9 Å². The Balaban J connectivity index is 1.48. The average molecular weight is 893 g/mol. The molecule has 1 aliphatic rings. The molecular weight excluding hydrogens is 855 g/mol. The number of hydrogen-bond acceptors (Lipinski definition) is 25. The Morgan fingerprint density at radius 1 is 1.05 bits per heavy atom.